The molecule has 0 aliphatic carbocycles. The highest BCUT2D eigenvalue weighted by atomic mass is 28.4. The van der Waals surface area contributed by atoms with E-state index in [1.807, 2.05) is 90.7 Å². The van der Waals surface area contributed by atoms with Gasteiger partial charge in [0.25, 0.3) is 11.8 Å². The van der Waals surface area contributed by atoms with E-state index in [4.69, 9.17) is 4.74 Å². The predicted molar refractivity (Wildman–Crippen MR) is 205 cm³/mol. The van der Waals surface area contributed by atoms with Gasteiger partial charge in [-0.2, -0.15) is 0 Å². The Morgan fingerprint density at radius 2 is 1.68 bits per heavy atom. The maximum atomic E-state index is 16.6. The van der Waals surface area contributed by atoms with Gasteiger partial charge in [0.05, 0.1) is 44.1 Å². The van der Waals surface area contributed by atoms with E-state index in [1.54, 1.807) is 22.9 Å². The lowest BCUT2D eigenvalue weighted by molar-refractivity contribution is -0.150. The smallest absolute Gasteiger partial charge is 0.264 e. The van der Waals surface area contributed by atoms with Crippen molar-refractivity contribution in [2.75, 3.05) is 47.6 Å². The van der Waals surface area contributed by atoms with Gasteiger partial charge in [0, 0.05) is 34.9 Å². The molecule has 0 radical (unpaired) electrons. The molecule has 12 heteroatoms. The summed E-state index contributed by atoms with van der Waals surface area (Å²) in [5, 5.41) is 13.4. The first-order valence-corrected chi connectivity index (χ1v) is 22.1. The highest BCUT2D eigenvalue weighted by molar-refractivity contribution is 6.72. The molecule has 8 rings (SSSR count). The lowest BCUT2D eigenvalue weighted by Gasteiger charge is -2.39. The second-order valence-corrected chi connectivity index (χ2v) is 19.8. The SMILES string of the molecule is C[C@H]1[C@H]([Si](C)(C)F)[C@@H](CC(=O)N2CCC[C@H]2CO)O[C@]12C(=O)N(Cc1ccccc1)c1ccc(N3CN(c4ccccc4)C4(CCNCC4)C3=O)cc12. The molecule has 5 heterocycles. The number of hydrogen-bond acceptors (Lipinski definition) is 7. The van der Waals surface area contributed by atoms with Crippen LogP contribution in [0.5, 0.6) is 0 Å². The maximum absolute atomic E-state index is 16.6. The van der Waals surface area contributed by atoms with Crippen molar-refractivity contribution in [1.82, 2.24) is 10.2 Å². The third-order valence-electron chi connectivity index (χ3n) is 12.7. The van der Waals surface area contributed by atoms with Crippen LogP contribution in [0, 0.1) is 5.92 Å². The van der Waals surface area contributed by atoms with Gasteiger partial charge >= 0.3 is 0 Å². The topological polar surface area (TPSA) is 106 Å². The lowest BCUT2D eigenvalue weighted by Crippen LogP contribution is -2.55. The fourth-order valence-electron chi connectivity index (χ4n) is 10.1. The lowest BCUT2D eigenvalue weighted by atomic mass is 9.82. The highest BCUT2D eigenvalue weighted by Gasteiger charge is 2.67. The van der Waals surface area contributed by atoms with Gasteiger partial charge in [-0.05, 0) is 87.8 Å². The molecule has 10 nitrogen and oxygen atoms in total. The zero-order valence-electron chi connectivity index (χ0n) is 30.8. The van der Waals surface area contributed by atoms with E-state index in [-0.39, 0.29) is 36.8 Å². The highest BCUT2D eigenvalue weighted by Crippen LogP contribution is 2.61. The molecule has 5 atom stereocenters. The van der Waals surface area contributed by atoms with E-state index < -0.39 is 37.1 Å². The van der Waals surface area contributed by atoms with Crippen molar-refractivity contribution in [2.24, 2.45) is 5.92 Å². The number of nitrogens with zero attached hydrogens (tertiary/aromatic N) is 4. The zero-order valence-corrected chi connectivity index (χ0v) is 31.8. The van der Waals surface area contributed by atoms with Crippen LogP contribution in [0.2, 0.25) is 18.6 Å². The van der Waals surface area contributed by atoms with E-state index in [9.17, 15) is 14.7 Å². The molecule has 5 aliphatic rings. The largest absolute Gasteiger partial charge is 0.394 e. The minimum atomic E-state index is -3.54. The number of ether oxygens (including phenoxy) is 1. The van der Waals surface area contributed by atoms with E-state index in [0.29, 0.717) is 49.5 Å². The van der Waals surface area contributed by atoms with E-state index in [1.165, 1.54) is 0 Å². The number of hydrogen-bond donors (Lipinski definition) is 2. The number of amides is 3. The minimum absolute atomic E-state index is 0.0189. The van der Waals surface area contributed by atoms with Crippen LogP contribution in [0.25, 0.3) is 0 Å². The molecule has 3 aromatic rings. The Hall–Kier alpha value is -4.10. The van der Waals surface area contributed by atoms with Crippen molar-refractivity contribution in [1.29, 1.82) is 0 Å². The van der Waals surface area contributed by atoms with E-state index in [0.717, 1.165) is 37.2 Å². The normalized spacial score (nSPS) is 28.2. The first-order chi connectivity index (χ1) is 25.5. The Morgan fingerprint density at radius 1 is 0.981 bits per heavy atom. The molecular weight excluding hydrogens is 690 g/mol. The number of nitrogens with one attached hydrogen (secondary N) is 1. The van der Waals surface area contributed by atoms with Crippen LogP contribution >= 0.6 is 0 Å². The van der Waals surface area contributed by atoms with Gasteiger partial charge in [-0.1, -0.05) is 55.5 Å². The molecule has 0 unspecified atom stereocenters. The molecule has 53 heavy (non-hydrogen) atoms. The van der Waals surface area contributed by atoms with Crippen LogP contribution < -0.4 is 20.0 Å². The summed E-state index contributed by atoms with van der Waals surface area (Å²) in [6, 6.07) is 25.3. The molecular formula is C41H50FN5O5Si. The number of aliphatic hydroxyl groups excluding tert-OH is 1. The summed E-state index contributed by atoms with van der Waals surface area (Å²) in [5.74, 6) is -1.03. The van der Waals surface area contributed by atoms with Gasteiger partial charge in [-0.3, -0.25) is 19.3 Å². The van der Waals surface area contributed by atoms with Crippen molar-refractivity contribution in [2.45, 2.75) is 87.5 Å². The quantitative estimate of drug-likeness (QED) is 0.238. The Morgan fingerprint density at radius 3 is 2.36 bits per heavy atom. The van der Waals surface area contributed by atoms with Crippen molar-refractivity contribution < 1.29 is 28.3 Å². The Kier molecular flexibility index (Phi) is 9.24. The van der Waals surface area contributed by atoms with Crippen LogP contribution in [0.3, 0.4) is 0 Å². The summed E-state index contributed by atoms with van der Waals surface area (Å²) in [6.45, 7) is 7.68. The van der Waals surface area contributed by atoms with Crippen molar-refractivity contribution in [3.8, 4) is 0 Å². The molecule has 3 amide bonds. The number of likely N-dealkylation sites (tertiary alicyclic amines) is 1. The summed E-state index contributed by atoms with van der Waals surface area (Å²) in [5.41, 5.74) is 0.936. The maximum Gasteiger partial charge on any atom is 0.264 e. The molecule has 280 valence electrons. The summed E-state index contributed by atoms with van der Waals surface area (Å²) in [6.07, 6.45) is 1.95. The van der Waals surface area contributed by atoms with E-state index in [2.05, 4.69) is 10.2 Å². The second kappa shape index (κ2) is 13.6. The molecule has 0 saturated carbocycles. The summed E-state index contributed by atoms with van der Waals surface area (Å²) in [4.78, 5) is 51.1. The third kappa shape index (κ3) is 5.80. The number of benzene rings is 3. The molecule has 4 fully saturated rings. The second-order valence-electron chi connectivity index (χ2n) is 16.0. The fourth-order valence-corrected chi connectivity index (χ4v) is 12.6. The van der Waals surface area contributed by atoms with Crippen LogP contribution in [0.15, 0.2) is 78.9 Å². The number of carbonyl (C=O) groups excluding carboxylic acids is 3. The van der Waals surface area contributed by atoms with Crippen molar-refractivity contribution in [3.63, 3.8) is 0 Å². The first-order valence-electron chi connectivity index (χ1n) is 19.1. The summed E-state index contributed by atoms with van der Waals surface area (Å²) >= 11 is 0. The number of halogens is 1. The van der Waals surface area contributed by atoms with Crippen LogP contribution in [0.4, 0.5) is 21.2 Å². The number of aliphatic hydroxyl groups is 1. The summed E-state index contributed by atoms with van der Waals surface area (Å²) in [7, 11) is -3.54. The molecule has 2 spiro atoms. The van der Waals surface area contributed by atoms with Crippen LogP contribution in [-0.2, 0) is 31.3 Å². The Balaban J connectivity index is 1.22. The molecule has 0 aromatic heterocycles. The van der Waals surface area contributed by atoms with Gasteiger partial charge < -0.3 is 34.0 Å². The van der Waals surface area contributed by atoms with Gasteiger partial charge in [-0.25, -0.2) is 0 Å². The first kappa shape index (κ1) is 35.9. The molecule has 5 aliphatic heterocycles. The molecule has 3 aromatic carbocycles. The third-order valence-corrected chi connectivity index (χ3v) is 15.1. The molecule has 0 bridgehead atoms. The van der Waals surface area contributed by atoms with Crippen molar-refractivity contribution >= 4 is 43.2 Å². The van der Waals surface area contributed by atoms with Gasteiger partial charge in [0.1, 0.15) is 5.54 Å². The monoisotopic (exact) mass is 739 g/mol. The van der Waals surface area contributed by atoms with Crippen LogP contribution in [-0.4, -0.2) is 86.7 Å². The molecule has 4 saturated heterocycles. The molecule has 2 N–H and O–H groups in total. The zero-order chi connectivity index (χ0) is 37.1. The van der Waals surface area contributed by atoms with E-state index >= 15 is 8.90 Å². The average molecular weight is 740 g/mol. The Labute approximate surface area is 312 Å². The number of rotatable bonds is 8. The number of fused-ring (bicyclic) bond motifs is 2. The Bertz CT molecular complexity index is 1870. The number of piperidine rings is 1. The van der Waals surface area contributed by atoms with Gasteiger partial charge in [-0.15, -0.1) is 0 Å². The van der Waals surface area contributed by atoms with Crippen LogP contribution in [0.1, 0.15) is 50.2 Å². The number of anilines is 3. The van der Waals surface area contributed by atoms with Gasteiger partial charge in [0.2, 0.25) is 14.3 Å². The minimum Gasteiger partial charge on any atom is -0.394 e. The average Bonchev–Trinajstić information content (AvgIpc) is 3.89. The summed E-state index contributed by atoms with van der Waals surface area (Å²) < 4.78 is 23.6. The van der Waals surface area contributed by atoms with Gasteiger partial charge in [0.15, 0.2) is 5.60 Å². The van der Waals surface area contributed by atoms with Crippen molar-refractivity contribution in [3.05, 3.63) is 90.0 Å². The fraction of sp³-hybridized carbons (Fsp3) is 0.488. The predicted octanol–water partition coefficient (Wildman–Crippen LogP) is 5.31. The number of para-hydroxylation sites is 1. The number of carbonyl (C=O) groups is 3. The standard InChI is InChI=1S/C41H50FN5O5Si/c1-28-37(53(2,3)42)35(24-36(49)44-22-10-15-32(44)26-48)52-41(28)33-23-31(16-17-34(33)45(39(41)51)25-29-11-6-4-7-12-29)46-27-47(30-13-8-5-9-14-30)40(38(46)50)18-20-43-21-19-40/h4-9,11-14,16-17,23,28,32,35,37,43,48H,10,15,18-22,24-27H2,1-3H3/t28-,32-,35+,37-,41+/m0/s1.